The Labute approximate surface area is 348 Å². The minimum atomic E-state index is -2.67. The van der Waals surface area contributed by atoms with Gasteiger partial charge in [-0.25, -0.2) is 23.4 Å². The fraction of sp³-hybridized carbons (Fsp3) is 0.353. The molecular weight excluding hydrogens is 719 g/mol. The van der Waals surface area contributed by atoms with Crippen LogP contribution in [0.1, 0.15) is 89.8 Å². The minimum Gasteiger partial charge on any atom is -0.229 e. The molecule has 0 N–H and O–H groups in total. The molecule has 6 heteroatoms. The van der Waals surface area contributed by atoms with E-state index in [4.69, 9.17) is 0 Å². The zero-order chi connectivity index (χ0) is 43.9. The lowest BCUT2D eigenvalue weighted by Gasteiger charge is -2.04. The van der Waals surface area contributed by atoms with Crippen molar-refractivity contribution >= 4 is 9.84 Å². The minimum absolute atomic E-state index is 0.792. The van der Waals surface area contributed by atoms with Gasteiger partial charge in [0.05, 0.1) is 0 Å². The van der Waals surface area contributed by atoms with Gasteiger partial charge >= 0.3 is 0 Å². The van der Waals surface area contributed by atoms with Crippen LogP contribution in [0.25, 0.3) is 0 Å². The Morgan fingerprint density at radius 3 is 0.754 bits per heavy atom. The summed E-state index contributed by atoms with van der Waals surface area (Å²) in [6.45, 7) is 33.2. The van der Waals surface area contributed by atoms with Crippen LogP contribution in [0.15, 0.2) is 103 Å². The molecule has 0 aliphatic carbocycles. The molecule has 6 aromatic rings. The van der Waals surface area contributed by atoms with Gasteiger partial charge in [-0.1, -0.05) is 142 Å². The first-order chi connectivity index (χ1) is 26.4. The summed E-state index contributed by atoms with van der Waals surface area (Å²) in [5.41, 5.74) is 17.7. The lowest BCUT2D eigenvalue weighted by Crippen LogP contribution is -1.97. The van der Waals surface area contributed by atoms with Crippen LogP contribution in [0.5, 0.6) is 0 Å². The average Bonchev–Trinajstić information content (AvgIpc) is 3.06. The van der Waals surface area contributed by atoms with Crippen molar-refractivity contribution in [3.63, 3.8) is 0 Å². The van der Waals surface area contributed by atoms with Gasteiger partial charge < -0.3 is 0 Å². The van der Waals surface area contributed by atoms with Crippen molar-refractivity contribution in [1.29, 1.82) is 0 Å². The smallest absolute Gasteiger partial charge is 0.144 e. The van der Waals surface area contributed by atoms with Gasteiger partial charge in [0, 0.05) is 12.5 Å². The SMILES string of the molecule is CS(C)(=O)=O.Cc1cc(C)c(C)cc1C.Cc1cc(C)cc(C)c1.Cc1ccc(C)cc1.Cc1cccc(C)c1.Cc1ccccc1C.Cc1nc(C)nc(C)n1. The molecule has 308 valence electrons. The zero-order valence-electron chi connectivity index (χ0n) is 38.4. The Balaban J connectivity index is 0.000000647. The number of nitrogens with zero attached hydrogens (tertiary/aromatic N) is 3. The third-order valence-electron chi connectivity index (χ3n) is 8.26. The first kappa shape index (κ1) is 52.1. The molecule has 57 heavy (non-hydrogen) atoms. The van der Waals surface area contributed by atoms with Gasteiger partial charge in [0.15, 0.2) is 0 Å². The predicted molar refractivity (Wildman–Crippen MR) is 249 cm³/mol. The molecule has 0 bridgehead atoms. The summed E-state index contributed by atoms with van der Waals surface area (Å²) >= 11 is 0. The highest BCUT2D eigenvalue weighted by molar-refractivity contribution is 7.89. The Kier molecular flexibility index (Phi) is 24.5. The van der Waals surface area contributed by atoms with Crippen LogP contribution in [0.3, 0.4) is 0 Å². The Morgan fingerprint density at radius 1 is 0.298 bits per heavy atom. The van der Waals surface area contributed by atoms with Gasteiger partial charge in [-0.3, -0.25) is 0 Å². The largest absolute Gasteiger partial charge is 0.229 e. The number of aryl methyl sites for hydroxylation is 16. The average molecular weight is 790 g/mol. The maximum absolute atomic E-state index is 9.63. The molecule has 0 aliphatic heterocycles. The lowest BCUT2D eigenvalue weighted by molar-refractivity contribution is 0.607. The second kappa shape index (κ2) is 26.8. The number of hydrogen-bond acceptors (Lipinski definition) is 5. The zero-order valence-corrected chi connectivity index (χ0v) is 39.2. The lowest BCUT2D eigenvalue weighted by atomic mass is 10.0. The van der Waals surface area contributed by atoms with Crippen LogP contribution in [-0.4, -0.2) is 35.9 Å². The van der Waals surface area contributed by atoms with Crippen LogP contribution < -0.4 is 0 Å². The topological polar surface area (TPSA) is 72.8 Å². The number of rotatable bonds is 0. The summed E-state index contributed by atoms with van der Waals surface area (Å²) in [7, 11) is -2.67. The fourth-order valence-corrected chi connectivity index (χ4v) is 5.19. The van der Waals surface area contributed by atoms with Crippen molar-refractivity contribution in [1.82, 2.24) is 15.0 Å². The van der Waals surface area contributed by atoms with E-state index in [1.807, 2.05) is 20.8 Å². The molecule has 0 atom stereocenters. The van der Waals surface area contributed by atoms with Crippen LogP contribution in [0.2, 0.25) is 0 Å². The molecule has 0 amide bonds. The third-order valence-corrected chi connectivity index (χ3v) is 8.26. The Hall–Kier alpha value is -4.94. The molecule has 0 radical (unpaired) electrons. The van der Waals surface area contributed by atoms with Crippen molar-refractivity contribution in [3.8, 4) is 0 Å². The van der Waals surface area contributed by atoms with Crippen LogP contribution in [0.4, 0.5) is 0 Å². The van der Waals surface area contributed by atoms with Gasteiger partial charge in [-0.05, 0) is 144 Å². The highest BCUT2D eigenvalue weighted by Gasteiger charge is 1.95. The van der Waals surface area contributed by atoms with Gasteiger partial charge in [0.2, 0.25) is 0 Å². The van der Waals surface area contributed by atoms with Gasteiger partial charge in [0.25, 0.3) is 0 Å². The van der Waals surface area contributed by atoms with E-state index >= 15 is 0 Å². The highest BCUT2D eigenvalue weighted by atomic mass is 32.2. The fourth-order valence-electron chi connectivity index (χ4n) is 5.19. The molecule has 5 nitrogen and oxygen atoms in total. The molecule has 0 saturated heterocycles. The molecule has 1 heterocycles. The van der Waals surface area contributed by atoms with Crippen molar-refractivity contribution in [3.05, 3.63) is 193 Å². The Bertz CT molecular complexity index is 1920. The molecule has 0 saturated carbocycles. The second-order valence-corrected chi connectivity index (χ2v) is 17.5. The van der Waals surface area contributed by atoms with E-state index in [0.29, 0.717) is 0 Å². The number of benzene rings is 5. The number of aromatic nitrogens is 3. The molecule has 0 unspecified atom stereocenters. The van der Waals surface area contributed by atoms with Crippen molar-refractivity contribution in [2.24, 2.45) is 0 Å². The Morgan fingerprint density at radius 2 is 0.544 bits per heavy atom. The van der Waals surface area contributed by atoms with Crippen LogP contribution in [-0.2, 0) is 9.84 Å². The van der Waals surface area contributed by atoms with E-state index < -0.39 is 9.84 Å². The normalized spacial score (nSPS) is 9.72. The molecule has 0 aliphatic rings. The molecule has 0 fully saturated rings. The molecule has 0 spiro atoms. The van der Waals surface area contributed by atoms with Crippen LogP contribution >= 0.6 is 0 Å². The van der Waals surface area contributed by atoms with E-state index in [9.17, 15) is 8.42 Å². The summed E-state index contributed by atoms with van der Waals surface area (Å²) in [4.78, 5) is 12.0. The van der Waals surface area contributed by atoms with Crippen molar-refractivity contribution in [2.75, 3.05) is 12.5 Å². The highest BCUT2D eigenvalue weighted by Crippen LogP contribution is 2.13. The number of hydrogen-bond donors (Lipinski definition) is 0. The summed E-state index contributed by atoms with van der Waals surface area (Å²) in [5.74, 6) is 2.38. The number of sulfone groups is 1. The second-order valence-electron chi connectivity index (χ2n) is 15.2. The van der Waals surface area contributed by atoms with Crippen molar-refractivity contribution < 1.29 is 8.42 Å². The maximum Gasteiger partial charge on any atom is 0.144 e. The predicted octanol–water partition coefficient (Wildman–Crippen LogP) is 12.9. The summed E-state index contributed by atoms with van der Waals surface area (Å²) in [5, 5.41) is 0. The van der Waals surface area contributed by atoms with E-state index in [1.54, 1.807) is 0 Å². The molecule has 6 rings (SSSR count). The van der Waals surface area contributed by atoms with Crippen molar-refractivity contribution in [2.45, 2.75) is 111 Å². The van der Waals surface area contributed by atoms with Gasteiger partial charge in [-0.15, -0.1) is 0 Å². The van der Waals surface area contributed by atoms with E-state index in [2.05, 4.69) is 208 Å². The summed E-state index contributed by atoms with van der Waals surface area (Å²) < 4.78 is 19.3. The quantitative estimate of drug-likeness (QED) is 0.153. The van der Waals surface area contributed by atoms with Crippen LogP contribution in [0, 0.1) is 111 Å². The summed E-state index contributed by atoms with van der Waals surface area (Å²) in [6, 6.07) is 36.3. The first-order valence-electron chi connectivity index (χ1n) is 19.3. The molecule has 1 aromatic heterocycles. The molecule has 5 aromatic carbocycles. The first-order valence-corrected chi connectivity index (χ1v) is 21.6. The van der Waals surface area contributed by atoms with Gasteiger partial charge in [-0.2, -0.15) is 0 Å². The van der Waals surface area contributed by atoms with Gasteiger partial charge in [0.1, 0.15) is 27.3 Å². The van der Waals surface area contributed by atoms with E-state index in [-0.39, 0.29) is 0 Å². The monoisotopic (exact) mass is 790 g/mol. The third kappa shape index (κ3) is 28.2. The van der Waals surface area contributed by atoms with E-state index in [0.717, 1.165) is 30.0 Å². The maximum atomic E-state index is 9.63. The van der Waals surface area contributed by atoms with E-state index in [1.165, 1.54) is 72.3 Å². The standard InChI is InChI=1S/C10H14.C9H12.3C8H10.C6H9N3.C2H6O2S/c1-7-5-9(3)10(4)6-8(7)2;1-7-4-8(2)6-9(3)5-7;1-7-3-5-8(2)6-4-7;1-7-4-3-5-8(2)6-7;1-7-5-3-4-6-8(7)2;1-4-7-5(2)9-6(3)8-4;1-5(2,3)4/h5-6H,1-4H3;4-6H,1-3H3;3*3-6H,1-2H3;1-3H3;1-2H3. The molecular formula is C51H71N3O2S. The summed E-state index contributed by atoms with van der Waals surface area (Å²) in [6.07, 6.45) is 2.32.